The fourth-order valence-corrected chi connectivity index (χ4v) is 3.27. The Hall–Kier alpha value is -0.690. The SMILES string of the molecule is N#CN=C1SCCN1C1CCCCC1. The molecule has 0 spiro atoms. The molecule has 0 unspecified atom stereocenters. The van der Waals surface area contributed by atoms with Crippen molar-refractivity contribution >= 4 is 16.9 Å². The summed E-state index contributed by atoms with van der Waals surface area (Å²) in [5.41, 5.74) is 0. The molecule has 2 fully saturated rings. The van der Waals surface area contributed by atoms with Crippen LogP contribution in [0, 0.1) is 11.5 Å². The number of rotatable bonds is 1. The third-order valence-corrected chi connectivity index (χ3v) is 3.94. The van der Waals surface area contributed by atoms with Gasteiger partial charge in [0.05, 0.1) is 0 Å². The fraction of sp³-hybridized carbons (Fsp3) is 0.800. The van der Waals surface area contributed by atoms with Crippen LogP contribution in [-0.2, 0) is 0 Å². The number of amidine groups is 1. The summed E-state index contributed by atoms with van der Waals surface area (Å²) in [5.74, 6) is 1.09. The Bertz CT molecular complexity index is 263. The summed E-state index contributed by atoms with van der Waals surface area (Å²) >= 11 is 1.72. The van der Waals surface area contributed by atoms with Crippen molar-refractivity contribution in [2.45, 2.75) is 38.1 Å². The Morgan fingerprint density at radius 3 is 2.86 bits per heavy atom. The quantitative estimate of drug-likeness (QED) is 0.621. The predicted molar refractivity (Wildman–Crippen MR) is 59.1 cm³/mol. The van der Waals surface area contributed by atoms with Gasteiger partial charge in [0.1, 0.15) is 0 Å². The largest absolute Gasteiger partial charge is 0.347 e. The van der Waals surface area contributed by atoms with E-state index in [0.717, 1.165) is 17.5 Å². The van der Waals surface area contributed by atoms with E-state index in [2.05, 4.69) is 9.89 Å². The summed E-state index contributed by atoms with van der Waals surface area (Å²) < 4.78 is 0. The molecule has 14 heavy (non-hydrogen) atoms. The maximum atomic E-state index is 8.57. The molecule has 2 rings (SSSR count). The highest BCUT2D eigenvalue weighted by Crippen LogP contribution is 2.28. The monoisotopic (exact) mass is 209 g/mol. The van der Waals surface area contributed by atoms with Crippen molar-refractivity contribution < 1.29 is 0 Å². The van der Waals surface area contributed by atoms with E-state index in [1.807, 2.05) is 6.19 Å². The second kappa shape index (κ2) is 4.70. The number of thioether (sulfide) groups is 1. The molecular weight excluding hydrogens is 194 g/mol. The highest BCUT2D eigenvalue weighted by Gasteiger charge is 2.28. The molecular formula is C10H15N3S. The molecule has 0 radical (unpaired) electrons. The van der Waals surface area contributed by atoms with Crippen LogP contribution in [0.3, 0.4) is 0 Å². The lowest BCUT2D eigenvalue weighted by Crippen LogP contribution is -2.37. The summed E-state index contributed by atoms with van der Waals surface area (Å²) in [5, 5.41) is 9.52. The molecule has 0 aromatic rings. The van der Waals surface area contributed by atoms with Gasteiger partial charge in [-0.05, 0) is 12.8 Å². The Balaban J connectivity index is 2.02. The van der Waals surface area contributed by atoms with E-state index in [1.165, 1.54) is 32.1 Å². The summed E-state index contributed by atoms with van der Waals surface area (Å²) in [6.45, 7) is 1.08. The lowest BCUT2D eigenvalue weighted by Gasteiger charge is -2.31. The molecule has 0 N–H and O–H groups in total. The molecule has 1 saturated carbocycles. The topological polar surface area (TPSA) is 39.4 Å². The standard InChI is InChI=1S/C10H15N3S/c11-8-12-10-13(6-7-14-10)9-4-2-1-3-5-9/h9H,1-7H2. The van der Waals surface area contributed by atoms with Gasteiger partial charge >= 0.3 is 0 Å². The van der Waals surface area contributed by atoms with E-state index >= 15 is 0 Å². The molecule has 0 bridgehead atoms. The maximum absolute atomic E-state index is 8.57. The lowest BCUT2D eigenvalue weighted by atomic mass is 9.94. The molecule has 0 amide bonds. The minimum atomic E-state index is 0.658. The first-order valence-corrected chi connectivity index (χ1v) is 6.26. The highest BCUT2D eigenvalue weighted by atomic mass is 32.2. The molecule has 1 aliphatic heterocycles. The van der Waals surface area contributed by atoms with Gasteiger partial charge in [-0.3, -0.25) is 0 Å². The van der Waals surface area contributed by atoms with Crippen molar-refractivity contribution in [3.63, 3.8) is 0 Å². The van der Waals surface area contributed by atoms with E-state index < -0.39 is 0 Å². The van der Waals surface area contributed by atoms with Crippen LogP contribution in [0.15, 0.2) is 4.99 Å². The lowest BCUT2D eigenvalue weighted by molar-refractivity contribution is 0.261. The van der Waals surface area contributed by atoms with Gasteiger partial charge in [0.2, 0.25) is 6.19 Å². The van der Waals surface area contributed by atoms with Crippen LogP contribution in [-0.4, -0.2) is 28.4 Å². The first-order valence-electron chi connectivity index (χ1n) is 5.28. The summed E-state index contributed by atoms with van der Waals surface area (Å²) in [6.07, 6.45) is 8.52. The maximum Gasteiger partial charge on any atom is 0.208 e. The minimum absolute atomic E-state index is 0.658. The van der Waals surface area contributed by atoms with Gasteiger partial charge in [-0.1, -0.05) is 31.0 Å². The second-order valence-electron chi connectivity index (χ2n) is 3.83. The Kier molecular flexibility index (Phi) is 3.30. The van der Waals surface area contributed by atoms with E-state index in [-0.39, 0.29) is 0 Å². The minimum Gasteiger partial charge on any atom is -0.347 e. The van der Waals surface area contributed by atoms with Crippen LogP contribution >= 0.6 is 11.8 Å². The summed E-state index contributed by atoms with van der Waals surface area (Å²) in [4.78, 5) is 6.23. The average molecular weight is 209 g/mol. The third-order valence-electron chi connectivity index (χ3n) is 2.97. The zero-order chi connectivity index (χ0) is 9.80. The molecule has 1 saturated heterocycles. The fourth-order valence-electron chi connectivity index (χ4n) is 2.28. The van der Waals surface area contributed by atoms with Gasteiger partial charge in [0, 0.05) is 18.3 Å². The first kappa shape index (κ1) is 9.85. The van der Waals surface area contributed by atoms with Crippen molar-refractivity contribution in [3.8, 4) is 6.19 Å². The molecule has 0 atom stereocenters. The normalized spacial score (nSPS) is 26.8. The van der Waals surface area contributed by atoms with E-state index in [0.29, 0.717) is 6.04 Å². The van der Waals surface area contributed by atoms with Gasteiger partial charge in [0.25, 0.3) is 0 Å². The van der Waals surface area contributed by atoms with E-state index in [4.69, 9.17) is 5.26 Å². The number of aliphatic imine (C=N–C) groups is 1. The Labute approximate surface area is 89.2 Å². The third kappa shape index (κ3) is 2.03. The number of nitrogens with zero attached hydrogens (tertiary/aromatic N) is 3. The molecule has 0 aromatic carbocycles. The van der Waals surface area contributed by atoms with Gasteiger partial charge in [-0.15, -0.1) is 4.99 Å². The van der Waals surface area contributed by atoms with Crippen LogP contribution in [0.25, 0.3) is 0 Å². The molecule has 76 valence electrons. The van der Waals surface area contributed by atoms with Crippen LogP contribution in [0.1, 0.15) is 32.1 Å². The first-order chi connectivity index (χ1) is 6.92. The molecule has 0 aromatic heterocycles. The van der Waals surface area contributed by atoms with Gasteiger partial charge in [0.15, 0.2) is 5.17 Å². The average Bonchev–Trinajstić information content (AvgIpc) is 2.68. The Morgan fingerprint density at radius 1 is 1.36 bits per heavy atom. The number of nitriles is 1. The Morgan fingerprint density at radius 2 is 2.14 bits per heavy atom. The summed E-state index contributed by atoms with van der Waals surface area (Å²) in [7, 11) is 0. The van der Waals surface area contributed by atoms with Gasteiger partial charge < -0.3 is 4.90 Å². The molecule has 1 aliphatic carbocycles. The molecule has 3 nitrogen and oxygen atoms in total. The van der Waals surface area contributed by atoms with E-state index in [1.54, 1.807) is 11.8 Å². The van der Waals surface area contributed by atoms with Crippen molar-refractivity contribution in [1.82, 2.24) is 4.90 Å². The zero-order valence-electron chi connectivity index (χ0n) is 8.28. The zero-order valence-corrected chi connectivity index (χ0v) is 9.09. The van der Waals surface area contributed by atoms with Crippen molar-refractivity contribution in [2.24, 2.45) is 4.99 Å². The molecule has 1 heterocycles. The second-order valence-corrected chi connectivity index (χ2v) is 4.89. The van der Waals surface area contributed by atoms with Crippen molar-refractivity contribution in [2.75, 3.05) is 12.3 Å². The number of hydrogen-bond acceptors (Lipinski definition) is 3. The molecule has 2 aliphatic rings. The van der Waals surface area contributed by atoms with Crippen LogP contribution < -0.4 is 0 Å². The number of hydrogen-bond donors (Lipinski definition) is 0. The highest BCUT2D eigenvalue weighted by molar-refractivity contribution is 8.14. The van der Waals surface area contributed by atoms with Crippen molar-refractivity contribution in [3.05, 3.63) is 0 Å². The van der Waals surface area contributed by atoms with Gasteiger partial charge in [-0.25, -0.2) is 0 Å². The van der Waals surface area contributed by atoms with Crippen molar-refractivity contribution in [1.29, 1.82) is 5.26 Å². The molecule has 4 heteroatoms. The van der Waals surface area contributed by atoms with Crippen LogP contribution in [0.5, 0.6) is 0 Å². The smallest absolute Gasteiger partial charge is 0.208 e. The van der Waals surface area contributed by atoms with E-state index in [9.17, 15) is 0 Å². The summed E-state index contributed by atoms with van der Waals surface area (Å²) in [6, 6.07) is 0.658. The predicted octanol–water partition coefficient (Wildman–Crippen LogP) is 2.20. The van der Waals surface area contributed by atoms with Crippen LogP contribution in [0.2, 0.25) is 0 Å². The van der Waals surface area contributed by atoms with Gasteiger partial charge in [-0.2, -0.15) is 5.26 Å². The van der Waals surface area contributed by atoms with Crippen LogP contribution in [0.4, 0.5) is 0 Å².